The topological polar surface area (TPSA) is 82.8 Å². The van der Waals surface area contributed by atoms with Gasteiger partial charge in [-0.1, -0.05) is 13.8 Å². The third-order valence-electron chi connectivity index (χ3n) is 1.18. The first-order valence-electron chi connectivity index (χ1n) is 3.94. The van der Waals surface area contributed by atoms with Crippen molar-refractivity contribution in [3.05, 3.63) is 32.6 Å². The van der Waals surface area contributed by atoms with Crippen LogP contribution < -0.4 is 11.1 Å². The van der Waals surface area contributed by atoms with Gasteiger partial charge in [-0.25, -0.2) is 0 Å². The van der Waals surface area contributed by atoms with Crippen LogP contribution in [-0.4, -0.2) is 15.8 Å². The highest BCUT2D eigenvalue weighted by molar-refractivity contribution is 5.91. The molecule has 0 fully saturated rings. The lowest BCUT2D eigenvalue weighted by Crippen LogP contribution is -2.30. The first kappa shape index (κ1) is 11.4. The fourth-order valence-corrected chi connectivity index (χ4v) is 0.608. The number of carbonyl (C=O) groups is 1. The number of nitrogens with one attached hydrogen (secondary N) is 2. The van der Waals surface area contributed by atoms with Crippen LogP contribution in [0.15, 0.2) is 15.8 Å². The molecule has 0 amide bonds. The van der Waals surface area contributed by atoms with E-state index in [1.807, 2.05) is 13.8 Å². The molecule has 0 aliphatic carbocycles. The monoisotopic (exact) mass is 184 g/mol. The van der Waals surface area contributed by atoms with Crippen molar-refractivity contribution < 1.29 is 4.79 Å². The van der Waals surface area contributed by atoms with Gasteiger partial charge in [-0.15, -0.1) is 0 Å². The van der Waals surface area contributed by atoms with Gasteiger partial charge in [0.15, 0.2) is 5.78 Å². The summed E-state index contributed by atoms with van der Waals surface area (Å²) in [6.45, 7) is 5.30. The molecular weight excluding hydrogens is 172 g/mol. The first-order valence-corrected chi connectivity index (χ1v) is 3.94. The maximum absolute atomic E-state index is 10.6. The van der Waals surface area contributed by atoms with Gasteiger partial charge in [-0.2, -0.15) is 0 Å². The molecule has 0 aromatic carbocycles. The van der Waals surface area contributed by atoms with Crippen LogP contribution in [0.1, 0.15) is 31.3 Å². The van der Waals surface area contributed by atoms with E-state index in [9.17, 15) is 14.4 Å². The Bertz CT molecular complexity index is 389. The molecule has 0 saturated heterocycles. The van der Waals surface area contributed by atoms with Crippen molar-refractivity contribution in [2.75, 3.05) is 0 Å². The fourth-order valence-electron chi connectivity index (χ4n) is 0.608. The number of hydrogen-bond donors (Lipinski definition) is 2. The van der Waals surface area contributed by atoms with Crippen molar-refractivity contribution in [2.45, 2.75) is 20.8 Å². The second-order valence-corrected chi connectivity index (χ2v) is 2.04. The number of rotatable bonds is 1. The lowest BCUT2D eigenvalue weighted by Gasteiger charge is -1.90. The predicted molar refractivity (Wildman–Crippen MR) is 49.0 cm³/mol. The van der Waals surface area contributed by atoms with Gasteiger partial charge in [0.2, 0.25) is 0 Å². The van der Waals surface area contributed by atoms with E-state index < -0.39 is 11.1 Å². The maximum atomic E-state index is 10.6. The van der Waals surface area contributed by atoms with E-state index in [0.29, 0.717) is 0 Å². The SMILES string of the molecule is CC.CC(=O)c1c[nH]c(=O)c(=O)[nH]1. The summed E-state index contributed by atoms with van der Waals surface area (Å²) >= 11 is 0. The van der Waals surface area contributed by atoms with Crippen molar-refractivity contribution >= 4 is 5.78 Å². The van der Waals surface area contributed by atoms with Gasteiger partial charge in [0.05, 0.1) is 0 Å². The van der Waals surface area contributed by atoms with Gasteiger partial charge in [-0.3, -0.25) is 14.4 Å². The molecule has 1 rings (SSSR count). The van der Waals surface area contributed by atoms with E-state index in [4.69, 9.17) is 0 Å². The second kappa shape index (κ2) is 5.08. The minimum Gasteiger partial charge on any atom is -0.322 e. The number of ketones is 1. The standard InChI is InChI=1S/C6H6N2O3.C2H6/c1-3(9)4-2-7-5(10)6(11)8-4;1-2/h2H,1H3,(H,7,10)(H,8,11);1-2H3. The highest BCUT2D eigenvalue weighted by Gasteiger charge is 2.00. The molecule has 1 aromatic rings. The summed E-state index contributed by atoms with van der Waals surface area (Å²) in [7, 11) is 0. The summed E-state index contributed by atoms with van der Waals surface area (Å²) in [6, 6.07) is 0. The molecule has 0 aliphatic heterocycles. The van der Waals surface area contributed by atoms with Crippen LogP contribution in [0.5, 0.6) is 0 Å². The van der Waals surface area contributed by atoms with Crippen LogP contribution in [0.4, 0.5) is 0 Å². The highest BCUT2D eigenvalue weighted by atomic mass is 16.2. The van der Waals surface area contributed by atoms with E-state index in [1.165, 1.54) is 13.1 Å². The molecule has 0 unspecified atom stereocenters. The minimum absolute atomic E-state index is 0.106. The van der Waals surface area contributed by atoms with Crippen molar-refractivity contribution in [3.63, 3.8) is 0 Å². The summed E-state index contributed by atoms with van der Waals surface area (Å²) < 4.78 is 0. The quantitative estimate of drug-likeness (QED) is 0.486. The Labute approximate surface area is 74.8 Å². The summed E-state index contributed by atoms with van der Waals surface area (Å²) in [4.78, 5) is 35.9. The molecule has 5 heteroatoms. The van der Waals surface area contributed by atoms with Crippen LogP contribution in [-0.2, 0) is 0 Å². The Morgan fingerprint density at radius 3 is 2.15 bits per heavy atom. The van der Waals surface area contributed by atoms with Crippen molar-refractivity contribution in [1.82, 2.24) is 9.97 Å². The van der Waals surface area contributed by atoms with E-state index in [1.54, 1.807) is 0 Å². The Balaban J connectivity index is 0.000000671. The number of aromatic amines is 2. The molecule has 0 radical (unpaired) electrons. The van der Waals surface area contributed by atoms with E-state index in [0.717, 1.165) is 0 Å². The number of hydrogen-bond acceptors (Lipinski definition) is 3. The Morgan fingerprint density at radius 2 is 1.77 bits per heavy atom. The van der Waals surface area contributed by atoms with Gasteiger partial charge in [0.25, 0.3) is 0 Å². The average molecular weight is 184 g/mol. The van der Waals surface area contributed by atoms with E-state index >= 15 is 0 Å². The fraction of sp³-hybridized carbons (Fsp3) is 0.375. The summed E-state index contributed by atoms with van der Waals surface area (Å²) in [5, 5.41) is 0. The Kier molecular flexibility index (Phi) is 4.43. The number of carbonyl (C=O) groups excluding carboxylic acids is 1. The van der Waals surface area contributed by atoms with E-state index in [2.05, 4.69) is 9.97 Å². The first-order chi connectivity index (χ1) is 6.11. The normalized spacial score (nSPS) is 8.54. The lowest BCUT2D eigenvalue weighted by molar-refractivity contribution is 0.101. The molecule has 13 heavy (non-hydrogen) atoms. The molecule has 0 saturated carbocycles. The summed E-state index contributed by atoms with van der Waals surface area (Å²) in [6.07, 6.45) is 1.17. The zero-order valence-corrected chi connectivity index (χ0v) is 7.80. The third-order valence-corrected chi connectivity index (χ3v) is 1.18. The van der Waals surface area contributed by atoms with Gasteiger partial charge in [0.1, 0.15) is 5.69 Å². The van der Waals surface area contributed by atoms with Crippen LogP contribution in [0.3, 0.4) is 0 Å². The minimum atomic E-state index is -0.808. The maximum Gasteiger partial charge on any atom is 0.314 e. The molecule has 1 aromatic heterocycles. The Hall–Kier alpha value is -1.65. The zero-order chi connectivity index (χ0) is 10.4. The van der Waals surface area contributed by atoms with E-state index in [-0.39, 0.29) is 11.5 Å². The average Bonchev–Trinajstić information content (AvgIpc) is 2.13. The van der Waals surface area contributed by atoms with Crippen LogP contribution in [0.2, 0.25) is 0 Å². The van der Waals surface area contributed by atoms with Crippen molar-refractivity contribution in [3.8, 4) is 0 Å². The summed E-state index contributed by atoms with van der Waals surface area (Å²) in [5.74, 6) is -0.293. The third kappa shape index (κ3) is 3.06. The molecule has 1 heterocycles. The molecule has 0 spiro atoms. The molecule has 0 atom stereocenters. The number of Topliss-reactive ketones (excluding diaryl/α,β-unsaturated/α-hetero) is 1. The molecular formula is C8H12N2O3. The second-order valence-electron chi connectivity index (χ2n) is 2.04. The smallest absolute Gasteiger partial charge is 0.314 e. The van der Waals surface area contributed by atoms with Crippen LogP contribution >= 0.6 is 0 Å². The number of H-pyrrole nitrogens is 2. The number of aromatic nitrogens is 2. The summed E-state index contributed by atoms with van der Waals surface area (Å²) in [5.41, 5.74) is -1.46. The molecule has 5 nitrogen and oxygen atoms in total. The van der Waals surface area contributed by atoms with Gasteiger partial charge in [0, 0.05) is 13.1 Å². The highest BCUT2D eigenvalue weighted by Crippen LogP contribution is 1.84. The molecule has 0 bridgehead atoms. The van der Waals surface area contributed by atoms with Crippen LogP contribution in [0, 0.1) is 0 Å². The lowest BCUT2D eigenvalue weighted by atomic mass is 10.3. The van der Waals surface area contributed by atoms with Crippen molar-refractivity contribution in [1.29, 1.82) is 0 Å². The molecule has 0 aliphatic rings. The van der Waals surface area contributed by atoms with Crippen LogP contribution in [0.25, 0.3) is 0 Å². The predicted octanol–water partition coefficient (Wildman–Crippen LogP) is 0.292. The largest absolute Gasteiger partial charge is 0.322 e. The Morgan fingerprint density at radius 1 is 1.23 bits per heavy atom. The van der Waals surface area contributed by atoms with Gasteiger partial charge >= 0.3 is 11.1 Å². The van der Waals surface area contributed by atoms with Gasteiger partial charge in [-0.05, 0) is 0 Å². The molecule has 2 N–H and O–H groups in total. The zero-order valence-electron chi connectivity index (χ0n) is 7.80. The van der Waals surface area contributed by atoms with Gasteiger partial charge < -0.3 is 9.97 Å². The molecule has 72 valence electrons. The van der Waals surface area contributed by atoms with Crippen molar-refractivity contribution in [2.24, 2.45) is 0 Å².